The van der Waals surface area contributed by atoms with Crippen molar-refractivity contribution >= 4 is 5.97 Å². The molecule has 0 aliphatic rings. The molecule has 0 atom stereocenters. The monoisotopic (exact) mass is 168 g/mol. The van der Waals surface area contributed by atoms with Crippen molar-refractivity contribution in [2.24, 2.45) is 0 Å². The molecule has 0 fully saturated rings. The lowest BCUT2D eigenvalue weighted by atomic mass is 10.1. The first-order valence-electron chi connectivity index (χ1n) is 3.45. The van der Waals surface area contributed by atoms with Crippen molar-refractivity contribution < 1.29 is 15.0 Å². The normalized spacial score (nSPS) is 8.25. The van der Waals surface area contributed by atoms with E-state index in [0.717, 1.165) is 12.7 Å². The van der Waals surface area contributed by atoms with E-state index in [2.05, 4.69) is 0 Å². The molecule has 3 heteroatoms. The molecule has 0 heterocycles. The van der Waals surface area contributed by atoms with Gasteiger partial charge in [-0.2, -0.15) is 0 Å². The van der Waals surface area contributed by atoms with Crippen LogP contribution in [-0.4, -0.2) is 23.3 Å². The first-order chi connectivity index (χ1) is 5.72. The van der Waals surface area contributed by atoms with Crippen molar-refractivity contribution in [3.8, 4) is 0 Å². The molecular weight excluding hydrogens is 156 g/mol. The third-order valence-electron chi connectivity index (χ3n) is 1.38. The lowest BCUT2D eigenvalue weighted by Gasteiger charge is -1.96. The molecule has 12 heavy (non-hydrogen) atoms. The van der Waals surface area contributed by atoms with Crippen LogP contribution >= 0.6 is 0 Å². The summed E-state index contributed by atoms with van der Waals surface area (Å²) in [5, 5.41) is 15.6. The second kappa shape index (κ2) is 5.32. The molecule has 3 nitrogen and oxygen atoms in total. The molecule has 0 saturated carbocycles. The Labute approximate surface area is 71.3 Å². The van der Waals surface area contributed by atoms with Crippen LogP contribution in [0.3, 0.4) is 0 Å². The minimum Gasteiger partial charge on any atom is -0.478 e. The standard InChI is InChI=1S/C8H8O2.CH4O/c1-6-4-2-3-5-7(6)8(9)10;1-2/h2-5H,1H3,(H,9,10);2H,1H3. The van der Waals surface area contributed by atoms with E-state index < -0.39 is 5.97 Å². The van der Waals surface area contributed by atoms with E-state index in [1.165, 1.54) is 0 Å². The summed E-state index contributed by atoms with van der Waals surface area (Å²) in [7, 11) is 1.00. The predicted octanol–water partition coefficient (Wildman–Crippen LogP) is 1.30. The number of carbonyl (C=O) groups is 1. The molecule has 0 radical (unpaired) electrons. The van der Waals surface area contributed by atoms with Gasteiger partial charge in [0.05, 0.1) is 5.56 Å². The topological polar surface area (TPSA) is 57.5 Å². The highest BCUT2D eigenvalue weighted by Crippen LogP contribution is 2.05. The number of benzene rings is 1. The van der Waals surface area contributed by atoms with Crippen molar-refractivity contribution in [2.45, 2.75) is 6.92 Å². The lowest BCUT2D eigenvalue weighted by Crippen LogP contribution is -1.97. The maximum Gasteiger partial charge on any atom is 0.335 e. The smallest absolute Gasteiger partial charge is 0.335 e. The van der Waals surface area contributed by atoms with Gasteiger partial charge in [-0.05, 0) is 18.6 Å². The minimum absolute atomic E-state index is 0.377. The lowest BCUT2D eigenvalue weighted by molar-refractivity contribution is 0.0696. The number of aliphatic hydroxyl groups excluding tert-OH is 1. The summed E-state index contributed by atoms with van der Waals surface area (Å²) in [4.78, 5) is 10.4. The highest BCUT2D eigenvalue weighted by molar-refractivity contribution is 5.89. The molecule has 1 rings (SSSR count). The molecule has 1 aromatic rings. The zero-order chi connectivity index (χ0) is 9.56. The van der Waals surface area contributed by atoms with Crippen molar-refractivity contribution in [1.82, 2.24) is 0 Å². The second-order valence-electron chi connectivity index (χ2n) is 2.12. The van der Waals surface area contributed by atoms with Gasteiger partial charge in [-0.15, -0.1) is 0 Å². The Morgan fingerprint density at radius 2 is 1.75 bits per heavy atom. The summed E-state index contributed by atoms with van der Waals surface area (Å²) in [5.74, 6) is -0.863. The van der Waals surface area contributed by atoms with Crippen LogP contribution in [0.1, 0.15) is 15.9 Å². The highest BCUT2D eigenvalue weighted by atomic mass is 16.4. The molecule has 2 N–H and O–H groups in total. The van der Waals surface area contributed by atoms with Gasteiger partial charge in [0.1, 0.15) is 0 Å². The zero-order valence-electron chi connectivity index (χ0n) is 7.11. The molecule has 1 aromatic carbocycles. The summed E-state index contributed by atoms with van der Waals surface area (Å²) < 4.78 is 0. The molecule has 0 aliphatic heterocycles. The summed E-state index contributed by atoms with van der Waals surface area (Å²) in [6.07, 6.45) is 0. The van der Waals surface area contributed by atoms with Gasteiger partial charge in [-0.1, -0.05) is 18.2 Å². The van der Waals surface area contributed by atoms with Crippen LogP contribution in [0.25, 0.3) is 0 Å². The van der Waals surface area contributed by atoms with Crippen LogP contribution in [0.2, 0.25) is 0 Å². The highest BCUT2D eigenvalue weighted by Gasteiger charge is 2.02. The number of rotatable bonds is 1. The van der Waals surface area contributed by atoms with E-state index in [1.807, 2.05) is 6.07 Å². The van der Waals surface area contributed by atoms with Crippen molar-refractivity contribution in [2.75, 3.05) is 7.11 Å². The number of hydrogen-bond donors (Lipinski definition) is 2. The predicted molar refractivity (Wildman–Crippen MR) is 46.3 cm³/mol. The van der Waals surface area contributed by atoms with Crippen LogP contribution in [0.5, 0.6) is 0 Å². The van der Waals surface area contributed by atoms with Crippen molar-refractivity contribution in [3.05, 3.63) is 35.4 Å². The Balaban J connectivity index is 0.000000561. The molecule has 0 bridgehead atoms. The summed E-state index contributed by atoms with van der Waals surface area (Å²) >= 11 is 0. The number of aryl methyl sites for hydroxylation is 1. The summed E-state index contributed by atoms with van der Waals surface area (Å²) in [6.45, 7) is 1.78. The largest absolute Gasteiger partial charge is 0.478 e. The first-order valence-corrected chi connectivity index (χ1v) is 3.45. The SMILES string of the molecule is CO.Cc1ccccc1C(=O)O. The molecule has 0 saturated heterocycles. The summed E-state index contributed by atoms with van der Waals surface area (Å²) in [5.41, 5.74) is 1.18. The molecule has 0 spiro atoms. The Bertz CT molecular complexity index is 256. The van der Waals surface area contributed by atoms with Gasteiger partial charge in [0.2, 0.25) is 0 Å². The van der Waals surface area contributed by atoms with Gasteiger partial charge in [0, 0.05) is 7.11 Å². The van der Waals surface area contributed by atoms with Gasteiger partial charge in [-0.25, -0.2) is 4.79 Å². The van der Waals surface area contributed by atoms with Gasteiger partial charge in [0.25, 0.3) is 0 Å². The van der Waals surface area contributed by atoms with Crippen LogP contribution < -0.4 is 0 Å². The quantitative estimate of drug-likeness (QED) is 0.664. The average molecular weight is 168 g/mol. The fourth-order valence-electron chi connectivity index (χ4n) is 0.813. The van der Waals surface area contributed by atoms with Gasteiger partial charge < -0.3 is 10.2 Å². The van der Waals surface area contributed by atoms with Gasteiger partial charge in [-0.3, -0.25) is 0 Å². The van der Waals surface area contributed by atoms with Gasteiger partial charge >= 0.3 is 5.97 Å². The number of carboxylic acids is 1. The Morgan fingerprint density at radius 1 is 1.25 bits per heavy atom. The van der Waals surface area contributed by atoms with E-state index in [0.29, 0.717) is 5.56 Å². The minimum atomic E-state index is -0.863. The Kier molecular flexibility index (Phi) is 4.72. The molecule has 0 unspecified atom stereocenters. The fourth-order valence-corrected chi connectivity index (χ4v) is 0.813. The van der Waals surface area contributed by atoms with E-state index in [1.54, 1.807) is 25.1 Å². The fraction of sp³-hybridized carbons (Fsp3) is 0.222. The van der Waals surface area contributed by atoms with E-state index >= 15 is 0 Å². The molecule has 0 aromatic heterocycles. The number of aromatic carboxylic acids is 1. The summed E-state index contributed by atoms with van der Waals surface area (Å²) in [6, 6.07) is 6.92. The molecule has 0 amide bonds. The third kappa shape index (κ3) is 2.72. The van der Waals surface area contributed by atoms with Crippen molar-refractivity contribution in [1.29, 1.82) is 0 Å². The van der Waals surface area contributed by atoms with E-state index in [9.17, 15) is 4.79 Å². The van der Waals surface area contributed by atoms with E-state index in [-0.39, 0.29) is 0 Å². The zero-order valence-corrected chi connectivity index (χ0v) is 7.11. The average Bonchev–Trinajstić information content (AvgIpc) is 2.08. The Morgan fingerprint density at radius 3 is 2.08 bits per heavy atom. The second-order valence-corrected chi connectivity index (χ2v) is 2.12. The number of hydrogen-bond acceptors (Lipinski definition) is 2. The number of carboxylic acid groups (broad SMARTS) is 1. The number of aliphatic hydroxyl groups is 1. The first kappa shape index (κ1) is 10.7. The van der Waals surface area contributed by atoms with Crippen LogP contribution in [0, 0.1) is 6.92 Å². The maximum absolute atomic E-state index is 10.4. The van der Waals surface area contributed by atoms with Gasteiger partial charge in [0.15, 0.2) is 0 Å². The molecule has 0 aliphatic carbocycles. The van der Waals surface area contributed by atoms with Crippen LogP contribution in [-0.2, 0) is 0 Å². The van der Waals surface area contributed by atoms with Crippen LogP contribution in [0.4, 0.5) is 0 Å². The van der Waals surface area contributed by atoms with E-state index in [4.69, 9.17) is 10.2 Å². The third-order valence-corrected chi connectivity index (χ3v) is 1.38. The maximum atomic E-state index is 10.4. The molecular formula is C9H12O3. The van der Waals surface area contributed by atoms with Crippen LogP contribution in [0.15, 0.2) is 24.3 Å². The molecule has 66 valence electrons. The Hall–Kier alpha value is -1.35. The van der Waals surface area contributed by atoms with Crippen molar-refractivity contribution in [3.63, 3.8) is 0 Å².